The van der Waals surface area contributed by atoms with Crippen LogP contribution < -0.4 is 4.74 Å². The van der Waals surface area contributed by atoms with E-state index < -0.39 is 17.9 Å². The van der Waals surface area contributed by atoms with Gasteiger partial charge in [-0.1, -0.05) is 23.7 Å². The van der Waals surface area contributed by atoms with Gasteiger partial charge in [-0.05, 0) is 30.3 Å². The molecule has 0 atom stereocenters. The summed E-state index contributed by atoms with van der Waals surface area (Å²) in [4.78, 5) is 34.7. The van der Waals surface area contributed by atoms with Crippen LogP contribution in [0.4, 0.5) is 0 Å². The fourth-order valence-electron chi connectivity index (χ4n) is 1.92. The van der Waals surface area contributed by atoms with Crippen LogP contribution in [-0.4, -0.2) is 17.9 Å². The number of hydrogen-bond donors (Lipinski definition) is 0. The number of carbonyl (C=O) groups excluding carboxylic acids is 3. The van der Waals surface area contributed by atoms with Crippen molar-refractivity contribution in [1.82, 2.24) is 0 Å². The van der Waals surface area contributed by atoms with Crippen molar-refractivity contribution in [3.63, 3.8) is 0 Å². The zero-order chi connectivity index (χ0) is 15.0. The third-order valence-corrected chi connectivity index (χ3v) is 3.25. The van der Waals surface area contributed by atoms with Gasteiger partial charge in [-0.15, -0.1) is 0 Å². The van der Waals surface area contributed by atoms with Crippen molar-refractivity contribution in [3.05, 3.63) is 64.2 Å². The molecular formula is C15H7ClO5. The topological polar surface area (TPSA) is 69.7 Å². The van der Waals surface area contributed by atoms with Crippen molar-refractivity contribution in [3.8, 4) is 5.75 Å². The third-order valence-electron chi connectivity index (χ3n) is 2.92. The number of esters is 3. The van der Waals surface area contributed by atoms with Gasteiger partial charge in [0.2, 0.25) is 0 Å². The minimum Gasteiger partial charge on any atom is -0.423 e. The lowest BCUT2D eigenvalue weighted by Gasteiger charge is -2.06. The summed E-state index contributed by atoms with van der Waals surface area (Å²) in [6, 6.07) is 10.5. The maximum absolute atomic E-state index is 12.0. The second kappa shape index (κ2) is 5.03. The van der Waals surface area contributed by atoms with Crippen LogP contribution in [0.5, 0.6) is 5.75 Å². The molecule has 2 aromatic carbocycles. The lowest BCUT2D eigenvalue weighted by atomic mass is 10.1. The Bertz CT molecular complexity index is 781. The summed E-state index contributed by atoms with van der Waals surface area (Å²) in [5.41, 5.74) is 0.431. The molecule has 0 N–H and O–H groups in total. The quantitative estimate of drug-likeness (QED) is 0.484. The zero-order valence-corrected chi connectivity index (χ0v) is 11.2. The number of ether oxygens (including phenoxy) is 2. The van der Waals surface area contributed by atoms with E-state index >= 15 is 0 Å². The van der Waals surface area contributed by atoms with Gasteiger partial charge in [0.1, 0.15) is 5.75 Å². The molecule has 0 unspecified atom stereocenters. The van der Waals surface area contributed by atoms with E-state index in [9.17, 15) is 14.4 Å². The van der Waals surface area contributed by atoms with Gasteiger partial charge in [0.15, 0.2) is 0 Å². The first-order chi connectivity index (χ1) is 10.1. The Hall–Kier alpha value is -2.66. The van der Waals surface area contributed by atoms with Gasteiger partial charge in [0, 0.05) is 0 Å². The van der Waals surface area contributed by atoms with Crippen LogP contribution in [0, 0.1) is 0 Å². The molecule has 5 nitrogen and oxygen atoms in total. The molecule has 3 rings (SSSR count). The predicted octanol–water partition coefficient (Wildman–Crippen LogP) is 2.87. The van der Waals surface area contributed by atoms with Crippen molar-refractivity contribution in [1.29, 1.82) is 0 Å². The number of hydrogen-bond acceptors (Lipinski definition) is 5. The molecule has 0 amide bonds. The Morgan fingerprint density at radius 1 is 1.00 bits per heavy atom. The molecule has 2 aromatic rings. The molecule has 0 saturated heterocycles. The second-order valence-corrected chi connectivity index (χ2v) is 4.66. The van der Waals surface area contributed by atoms with Crippen LogP contribution in [0.1, 0.15) is 31.1 Å². The minimum atomic E-state index is -0.759. The first-order valence-corrected chi connectivity index (χ1v) is 6.31. The van der Waals surface area contributed by atoms with Crippen LogP contribution in [0.15, 0.2) is 42.5 Å². The third kappa shape index (κ3) is 2.39. The summed E-state index contributed by atoms with van der Waals surface area (Å²) in [5.74, 6) is -1.99. The average Bonchev–Trinajstić information content (AvgIpc) is 2.74. The van der Waals surface area contributed by atoms with E-state index in [0.29, 0.717) is 0 Å². The van der Waals surface area contributed by atoms with Crippen molar-refractivity contribution in [2.75, 3.05) is 0 Å². The lowest BCUT2D eigenvalue weighted by molar-refractivity contribution is 0.0442. The fraction of sp³-hybridized carbons (Fsp3) is 0. The largest absolute Gasteiger partial charge is 0.423 e. The molecule has 104 valence electrons. The summed E-state index contributed by atoms with van der Waals surface area (Å²) in [7, 11) is 0. The maximum atomic E-state index is 12.0. The molecule has 0 aliphatic carbocycles. The number of benzene rings is 2. The molecule has 6 heteroatoms. The Labute approximate surface area is 124 Å². The summed E-state index contributed by atoms with van der Waals surface area (Å²) in [6.07, 6.45) is 0. The molecule has 21 heavy (non-hydrogen) atoms. The molecule has 0 radical (unpaired) electrons. The Morgan fingerprint density at radius 3 is 2.48 bits per heavy atom. The zero-order valence-electron chi connectivity index (χ0n) is 10.5. The fourth-order valence-corrected chi connectivity index (χ4v) is 2.13. The summed E-state index contributed by atoms with van der Waals surface area (Å²) < 4.78 is 9.60. The Morgan fingerprint density at radius 2 is 1.71 bits per heavy atom. The van der Waals surface area contributed by atoms with Gasteiger partial charge in [-0.3, -0.25) is 0 Å². The highest BCUT2D eigenvalue weighted by Crippen LogP contribution is 2.26. The monoisotopic (exact) mass is 302 g/mol. The van der Waals surface area contributed by atoms with Gasteiger partial charge < -0.3 is 9.47 Å². The van der Waals surface area contributed by atoms with Crippen LogP contribution in [-0.2, 0) is 4.74 Å². The van der Waals surface area contributed by atoms with E-state index in [1.807, 2.05) is 0 Å². The van der Waals surface area contributed by atoms with Crippen LogP contribution in [0.2, 0.25) is 5.02 Å². The van der Waals surface area contributed by atoms with Crippen molar-refractivity contribution in [2.24, 2.45) is 0 Å². The predicted molar refractivity (Wildman–Crippen MR) is 72.6 cm³/mol. The molecule has 1 aliphatic rings. The first kappa shape index (κ1) is 13.3. The average molecular weight is 303 g/mol. The maximum Gasteiger partial charge on any atom is 0.347 e. The Balaban J connectivity index is 1.88. The van der Waals surface area contributed by atoms with Crippen LogP contribution >= 0.6 is 11.6 Å². The highest BCUT2D eigenvalue weighted by molar-refractivity contribution is 6.33. The summed E-state index contributed by atoms with van der Waals surface area (Å²) in [5, 5.41) is 0.262. The van der Waals surface area contributed by atoms with Gasteiger partial charge >= 0.3 is 17.9 Å². The first-order valence-electron chi connectivity index (χ1n) is 5.93. The van der Waals surface area contributed by atoms with Gasteiger partial charge in [0.05, 0.1) is 21.7 Å². The van der Waals surface area contributed by atoms with E-state index in [0.717, 1.165) is 0 Å². The number of fused-ring (bicyclic) bond motifs is 1. The molecule has 0 saturated carbocycles. The van der Waals surface area contributed by atoms with Gasteiger partial charge in [-0.2, -0.15) is 0 Å². The van der Waals surface area contributed by atoms with Crippen LogP contribution in [0.25, 0.3) is 0 Å². The van der Waals surface area contributed by atoms with Crippen molar-refractivity contribution < 1.29 is 23.9 Å². The summed E-state index contributed by atoms with van der Waals surface area (Å²) in [6.45, 7) is 0. The number of rotatable bonds is 2. The Kier molecular flexibility index (Phi) is 3.19. The molecule has 1 heterocycles. The lowest BCUT2D eigenvalue weighted by Crippen LogP contribution is -2.09. The van der Waals surface area contributed by atoms with E-state index in [1.54, 1.807) is 18.2 Å². The summed E-state index contributed by atoms with van der Waals surface area (Å²) >= 11 is 5.90. The van der Waals surface area contributed by atoms with Crippen molar-refractivity contribution >= 4 is 29.5 Å². The second-order valence-electron chi connectivity index (χ2n) is 4.25. The highest BCUT2D eigenvalue weighted by Gasteiger charge is 2.30. The van der Waals surface area contributed by atoms with Crippen molar-refractivity contribution in [2.45, 2.75) is 0 Å². The van der Waals surface area contributed by atoms with Gasteiger partial charge in [-0.25, -0.2) is 14.4 Å². The van der Waals surface area contributed by atoms with Gasteiger partial charge in [0.25, 0.3) is 0 Å². The number of cyclic esters (lactones) is 2. The number of halogens is 1. The number of carbonyl (C=O) groups is 3. The molecule has 0 aromatic heterocycles. The minimum absolute atomic E-state index is 0.0736. The standard InChI is InChI=1S/C15H7ClO5/c16-12-4-2-1-3-10(12)14(18)20-8-5-6-9-11(7-8)15(19)21-13(9)17/h1-7H. The van der Waals surface area contributed by atoms with Crippen LogP contribution in [0.3, 0.4) is 0 Å². The smallest absolute Gasteiger partial charge is 0.347 e. The van der Waals surface area contributed by atoms with E-state index in [4.69, 9.17) is 16.3 Å². The SMILES string of the molecule is O=C(Oc1ccc2c(c1)C(=O)OC2=O)c1ccccc1Cl. The van der Waals surface area contributed by atoms with E-state index in [2.05, 4.69) is 4.74 Å². The molecule has 0 spiro atoms. The molecule has 0 fully saturated rings. The molecule has 1 aliphatic heterocycles. The normalized spacial score (nSPS) is 12.8. The molecular weight excluding hydrogens is 296 g/mol. The highest BCUT2D eigenvalue weighted by atomic mass is 35.5. The van der Waals surface area contributed by atoms with E-state index in [1.165, 1.54) is 24.3 Å². The van der Waals surface area contributed by atoms with E-state index in [-0.39, 0.29) is 27.5 Å². The molecule has 0 bridgehead atoms.